The molecule has 0 aliphatic carbocycles. The molecule has 20 heavy (non-hydrogen) atoms. The molecule has 1 aromatic rings. The van der Waals surface area contributed by atoms with Crippen LogP contribution in [-0.4, -0.2) is 16.6 Å². The molecular weight excluding hydrogens is 350 g/mol. The maximum absolute atomic E-state index is 12.7. The molecule has 1 aromatic carbocycles. The monoisotopic (exact) mass is 360 g/mol. The van der Waals surface area contributed by atoms with E-state index in [2.05, 4.69) is 12.2 Å². The van der Waals surface area contributed by atoms with Crippen LogP contribution in [-0.2, 0) is 43.7 Å². The number of hydrogen-bond donors (Lipinski definition) is 2. The Morgan fingerprint density at radius 3 is 2.40 bits per heavy atom. The zero-order valence-corrected chi connectivity index (χ0v) is 13.3. The Bertz CT molecular complexity index is 545. The van der Waals surface area contributed by atoms with Crippen molar-refractivity contribution in [3.63, 3.8) is 0 Å². The predicted molar refractivity (Wildman–Crippen MR) is 60.8 cm³/mol. The third-order valence-electron chi connectivity index (χ3n) is 2.19. The predicted octanol–water partition coefficient (Wildman–Crippen LogP) is 2.10. The van der Waals surface area contributed by atoms with E-state index in [1.54, 1.807) is 0 Å². The summed E-state index contributed by atoms with van der Waals surface area (Å²) >= 11 is 0. The second kappa shape index (κ2) is 6.66. The number of alkyl halides is 3. The van der Waals surface area contributed by atoms with E-state index in [0.29, 0.717) is 6.07 Å². The summed E-state index contributed by atoms with van der Waals surface area (Å²) in [7, 11) is 0. The minimum atomic E-state index is -4.71. The number of carbonyl (C=O) groups excluding carboxylic acids is 1. The first kappa shape index (κ1) is 19.0. The molecule has 1 atom stereocenters. The molecule has 0 heterocycles. The minimum Gasteiger partial charge on any atom is -0.413 e. The maximum Gasteiger partial charge on any atom is 0.417 e. The number of nitrogens with one attached hydrogen (secondary N) is 1. The van der Waals surface area contributed by atoms with Gasteiger partial charge in [0.15, 0.2) is 0 Å². The fourth-order valence-corrected chi connectivity index (χ4v) is 1.22. The summed E-state index contributed by atoms with van der Waals surface area (Å²) in [6.07, 6.45) is -4.71. The van der Waals surface area contributed by atoms with E-state index in [0.717, 1.165) is 19.1 Å². The van der Waals surface area contributed by atoms with Crippen LogP contribution >= 0.6 is 0 Å². The Kier molecular flexibility index (Phi) is 6.34. The molecule has 1 radical (unpaired) electrons. The van der Waals surface area contributed by atoms with Crippen LogP contribution in [0.4, 0.5) is 18.9 Å². The van der Waals surface area contributed by atoms with Crippen molar-refractivity contribution < 1.29 is 55.8 Å². The third kappa shape index (κ3) is 4.85. The van der Waals surface area contributed by atoms with E-state index in [1.165, 1.54) is 6.07 Å². The molecule has 105 valence electrons. The van der Waals surface area contributed by atoms with Crippen molar-refractivity contribution in [3.8, 4) is 6.07 Å². The summed E-state index contributed by atoms with van der Waals surface area (Å²) in [6, 6.07) is 4.12. The summed E-state index contributed by atoms with van der Waals surface area (Å²) in [5.74, 6) is -0.953. The molecule has 0 aliphatic rings. The van der Waals surface area contributed by atoms with E-state index in [1.807, 2.05) is 0 Å². The van der Waals surface area contributed by atoms with Crippen LogP contribution in [0.5, 0.6) is 0 Å². The van der Waals surface area contributed by atoms with Gasteiger partial charge in [0.1, 0.15) is 0 Å². The summed E-state index contributed by atoms with van der Waals surface area (Å²) in [5.41, 5.74) is -3.85. The molecule has 0 spiro atoms. The Morgan fingerprint density at radius 2 is 2.00 bits per heavy atom. The van der Waals surface area contributed by atoms with Gasteiger partial charge in [-0.25, -0.2) is 0 Å². The van der Waals surface area contributed by atoms with Crippen LogP contribution < -0.4 is 5.32 Å². The molecule has 2 N–H and O–H groups in total. The SMILES string of the molecule is [CH2-]C(C)(O)C(=O)Nc1ccc(C#N)c(C(F)(F)F)c1.[Y]. The first-order valence-electron chi connectivity index (χ1n) is 5.06. The van der Waals surface area contributed by atoms with Crippen LogP contribution in [0.15, 0.2) is 18.2 Å². The van der Waals surface area contributed by atoms with Crippen LogP contribution in [0.25, 0.3) is 0 Å². The first-order chi connectivity index (χ1) is 8.55. The van der Waals surface area contributed by atoms with Crippen molar-refractivity contribution >= 4 is 11.6 Å². The molecule has 8 heteroatoms. The molecule has 0 bridgehead atoms. The molecule has 0 aliphatic heterocycles. The average molecular weight is 360 g/mol. The van der Waals surface area contributed by atoms with Gasteiger partial charge in [-0.1, -0.05) is 6.92 Å². The van der Waals surface area contributed by atoms with E-state index < -0.39 is 28.8 Å². The first-order valence-corrected chi connectivity index (χ1v) is 5.06. The second-order valence-electron chi connectivity index (χ2n) is 4.10. The summed E-state index contributed by atoms with van der Waals surface area (Å²) in [4.78, 5) is 11.4. The van der Waals surface area contributed by atoms with Gasteiger partial charge in [-0.3, -0.25) is 4.79 Å². The van der Waals surface area contributed by atoms with Crippen LogP contribution in [0.1, 0.15) is 18.1 Å². The largest absolute Gasteiger partial charge is 0.417 e. The molecule has 1 amide bonds. The van der Waals surface area contributed by atoms with E-state index >= 15 is 0 Å². The normalized spacial score (nSPS) is 13.7. The maximum atomic E-state index is 12.7. The van der Waals surface area contributed by atoms with Crippen molar-refractivity contribution in [2.75, 3.05) is 5.32 Å². The third-order valence-corrected chi connectivity index (χ3v) is 2.19. The number of amides is 1. The van der Waals surface area contributed by atoms with Gasteiger partial charge in [-0.05, 0) is 18.2 Å². The Hall–Kier alpha value is -0.966. The summed E-state index contributed by atoms with van der Waals surface area (Å²) < 4.78 is 38.0. The van der Waals surface area contributed by atoms with Crippen LogP contribution in [0.2, 0.25) is 0 Å². The smallest absolute Gasteiger partial charge is 0.413 e. The van der Waals surface area contributed by atoms with Gasteiger partial charge in [0.25, 0.3) is 0 Å². The van der Waals surface area contributed by atoms with Gasteiger partial charge in [-0.2, -0.15) is 18.4 Å². The summed E-state index contributed by atoms with van der Waals surface area (Å²) in [5, 5.41) is 20.0. The Labute approximate surface area is 138 Å². The zero-order chi connectivity index (χ0) is 14.8. The van der Waals surface area contributed by atoms with Crippen molar-refractivity contribution in [1.82, 2.24) is 0 Å². The zero-order valence-electron chi connectivity index (χ0n) is 10.5. The topological polar surface area (TPSA) is 73.1 Å². The van der Waals surface area contributed by atoms with Gasteiger partial charge in [0.05, 0.1) is 17.2 Å². The van der Waals surface area contributed by atoms with E-state index in [4.69, 9.17) is 5.26 Å². The quantitative estimate of drug-likeness (QED) is 0.794. The summed E-state index contributed by atoms with van der Waals surface area (Å²) in [6.45, 7) is 4.23. The number of halogens is 3. The van der Waals surface area contributed by atoms with Gasteiger partial charge >= 0.3 is 6.18 Å². The average Bonchev–Trinajstić information content (AvgIpc) is 2.26. The van der Waals surface area contributed by atoms with E-state index in [-0.39, 0.29) is 38.4 Å². The molecule has 0 aromatic heterocycles. The van der Waals surface area contributed by atoms with Crippen LogP contribution in [0.3, 0.4) is 0 Å². The van der Waals surface area contributed by atoms with Crippen molar-refractivity contribution in [3.05, 3.63) is 36.2 Å². The molecule has 1 unspecified atom stereocenters. The molecule has 1 rings (SSSR count). The van der Waals surface area contributed by atoms with Crippen molar-refractivity contribution in [1.29, 1.82) is 5.26 Å². The number of hydrogen-bond acceptors (Lipinski definition) is 3. The second-order valence-corrected chi connectivity index (χ2v) is 4.10. The number of nitrogens with zero attached hydrogens (tertiary/aromatic N) is 1. The molecule has 4 nitrogen and oxygen atoms in total. The van der Waals surface area contributed by atoms with Gasteiger partial charge in [-0.15, -0.1) is 0 Å². The van der Waals surface area contributed by atoms with Gasteiger partial charge in [0, 0.05) is 44.0 Å². The Morgan fingerprint density at radius 1 is 1.45 bits per heavy atom. The van der Waals surface area contributed by atoms with Gasteiger partial charge in [0.2, 0.25) is 5.91 Å². The Balaban J connectivity index is 0.00000361. The molecule has 0 saturated heterocycles. The van der Waals surface area contributed by atoms with Crippen molar-refractivity contribution in [2.24, 2.45) is 0 Å². The number of anilines is 1. The molecule has 0 saturated carbocycles. The van der Waals surface area contributed by atoms with E-state index in [9.17, 15) is 23.1 Å². The fourth-order valence-electron chi connectivity index (χ4n) is 1.22. The fraction of sp³-hybridized carbons (Fsp3) is 0.250. The number of rotatable bonds is 2. The standard InChI is InChI=1S/C12H10F3N2O2.Y/c1-11(2,19)10(18)17-8-4-3-7(6-16)9(5-8)12(13,14)15;/h3-5,19H,1H2,2H3,(H,17,18);/q-1;. The van der Waals surface area contributed by atoms with Gasteiger partial charge < -0.3 is 17.3 Å². The number of aliphatic hydroxyl groups is 1. The van der Waals surface area contributed by atoms with Crippen molar-refractivity contribution in [2.45, 2.75) is 18.7 Å². The minimum absolute atomic E-state index is 0. The molecule has 0 fully saturated rings. The number of nitriles is 1. The number of carbonyl (C=O) groups is 1. The molecular formula is C12H10F3N2O2Y-. The van der Waals surface area contributed by atoms with Crippen LogP contribution in [0, 0.1) is 18.3 Å². The number of benzene rings is 1.